The van der Waals surface area contributed by atoms with Gasteiger partial charge in [-0.15, -0.1) is 22.1 Å². The van der Waals surface area contributed by atoms with Gasteiger partial charge in [-0.2, -0.15) is 0 Å². The number of carbonyl (C=O) groups is 4. The first-order valence-electron chi connectivity index (χ1n) is 36.5. The monoisotopic (exact) mass is 1420 g/mol. The minimum Gasteiger partial charge on any atom is -0.657 e. The molecule has 4 fully saturated rings. The number of carbonyl (C=O) groups excluding carboxylic acids is 4. The van der Waals surface area contributed by atoms with E-state index in [1.165, 1.54) is 16.7 Å². The minimum atomic E-state index is -0.406. The van der Waals surface area contributed by atoms with Crippen LogP contribution in [0.15, 0.2) is 243 Å². The number of amides is 4. The average molecular weight is 1420 g/mol. The molecule has 14 heteroatoms. The van der Waals surface area contributed by atoms with Crippen molar-refractivity contribution in [2.45, 2.75) is 76.8 Å². The van der Waals surface area contributed by atoms with Gasteiger partial charge < -0.3 is 31.2 Å². The van der Waals surface area contributed by atoms with Gasteiger partial charge in [0.1, 0.15) is 6.04 Å². The van der Waals surface area contributed by atoms with Gasteiger partial charge >= 0.3 is 16.8 Å². The fraction of sp³-hybridized carbons (Fsp3) is 0.209. The van der Waals surface area contributed by atoms with E-state index in [2.05, 4.69) is 127 Å². The molecule has 1 radical (unpaired) electrons. The van der Waals surface area contributed by atoms with E-state index in [1.54, 1.807) is 0 Å². The maximum atomic E-state index is 15.0. The molecule has 3 saturated carbocycles. The van der Waals surface area contributed by atoms with Gasteiger partial charge in [0.05, 0.1) is 45.5 Å². The van der Waals surface area contributed by atoms with E-state index in [9.17, 15) is 4.79 Å². The van der Waals surface area contributed by atoms with Gasteiger partial charge in [0.2, 0.25) is 23.6 Å². The Morgan fingerprint density at radius 1 is 0.343 bits per heavy atom. The van der Waals surface area contributed by atoms with Crippen LogP contribution in [0.4, 0.5) is 22.7 Å². The van der Waals surface area contributed by atoms with E-state index in [0.29, 0.717) is 96.4 Å². The fourth-order valence-electron chi connectivity index (χ4n) is 16.3. The number of nitrogens with zero attached hydrogens (tertiary/aromatic N) is 5. The number of hydrogen-bond donors (Lipinski definition) is 4. The predicted octanol–water partition coefficient (Wildman–Crippen LogP) is 19.1. The van der Waals surface area contributed by atoms with Crippen molar-refractivity contribution in [3.05, 3.63) is 288 Å². The molecule has 4 unspecified atom stereocenters. The van der Waals surface area contributed by atoms with E-state index >= 15 is 14.4 Å². The van der Waals surface area contributed by atoms with Gasteiger partial charge in [-0.1, -0.05) is 239 Å². The Labute approximate surface area is 622 Å². The molecule has 12 atom stereocenters. The summed E-state index contributed by atoms with van der Waals surface area (Å²) >= 11 is 0. The molecule has 3 aromatic heterocycles. The van der Waals surface area contributed by atoms with Crippen molar-refractivity contribution in [3.8, 4) is 44.5 Å². The number of fused-ring (bicyclic) bond motifs is 8. The summed E-state index contributed by atoms with van der Waals surface area (Å²) in [5.74, 6) is -0.288. The summed E-state index contributed by atoms with van der Waals surface area (Å²) in [4.78, 5) is 84.9. The maximum Gasteiger partial charge on any atom is 2.00 e. The Hall–Kier alpha value is -11.3. The molecule has 4 amide bonds. The van der Waals surface area contributed by atoms with Crippen molar-refractivity contribution in [2.24, 2.45) is 35.5 Å². The normalized spacial score (nSPS) is 20.5. The fourth-order valence-corrected chi connectivity index (χ4v) is 16.3. The summed E-state index contributed by atoms with van der Waals surface area (Å²) in [6, 6.07) is 80.6. The molecule has 3 aliphatic carbocycles. The van der Waals surface area contributed by atoms with Crippen LogP contribution in [0.3, 0.4) is 0 Å². The summed E-state index contributed by atoms with van der Waals surface area (Å²) in [5, 5.41) is 13.7. The van der Waals surface area contributed by atoms with Crippen LogP contribution in [0.1, 0.15) is 116 Å². The quantitative estimate of drug-likeness (QED) is 0.0542. The molecule has 17 rings (SSSR count). The van der Waals surface area contributed by atoms with Crippen LogP contribution in [-0.2, 0) is 36.0 Å². The molecule has 3 aliphatic heterocycles. The van der Waals surface area contributed by atoms with E-state index in [1.807, 2.05) is 194 Å². The van der Waals surface area contributed by atoms with Crippen LogP contribution < -0.4 is 31.2 Å². The van der Waals surface area contributed by atoms with Crippen molar-refractivity contribution >= 4 is 92.7 Å². The number of hydrogen-bond acceptors (Lipinski definition) is 7. The molecule has 13 nitrogen and oxygen atoms in total. The largest absolute Gasteiger partial charge is 2.00 e. The summed E-state index contributed by atoms with van der Waals surface area (Å²) < 4.78 is 0. The smallest absolute Gasteiger partial charge is 0.657 e. The van der Waals surface area contributed by atoms with E-state index in [0.717, 1.165) is 47.1 Å². The third-order valence-corrected chi connectivity index (χ3v) is 22.6. The Morgan fingerprint density at radius 2 is 0.629 bits per heavy atom. The van der Waals surface area contributed by atoms with Gasteiger partial charge in [-0.05, 0) is 166 Å². The minimum absolute atomic E-state index is 0. The SMILES string of the molecule is C[C@H](c1ccccc1)C1C[C@H]1C(=O)Nc1cccc(NC(=O)[C@H]2CC2[C@@H](C)c2ccccc2)c1-c1c2nc(c(-c3ccccc3)c3ccc([n-]3)c(-c3c(NC(=O)[C@H]4CC4[C@@H](C)c4ccccc4)cccc3NC(=O)[C@@H]3CN3[C@H](C)c3ccccc3)c3nc(c(-c4ccccc4)c4ccc1[n-]4)C=C3)C=C2.[Co+2]. The van der Waals surface area contributed by atoms with E-state index in [4.69, 9.17) is 19.9 Å². The van der Waals surface area contributed by atoms with Crippen LogP contribution in [-0.4, -0.2) is 51.1 Å². The van der Waals surface area contributed by atoms with Crippen LogP contribution >= 0.6 is 0 Å². The Kier molecular flexibility index (Phi) is 18.7. The standard InChI is InChI=1S/C91H81N9O4.Co/c1-53(57-25-11-5-12-26-57)63-49-66(63)88(101)96-69-37-23-38-70(97-89(102)67-50-64(67)54(2)58-27-13-6-14-28-58)84(69)86-77-45-41-73(92-77)82(61-33-19-9-20-34-61)75-43-47-79(94-75)87(80-48-44-76(95-80)83(62-35-21-10-22-36-62)74-42-46-78(86)93-74)85-71(98-90(103)68-51-65(68)55(3)59-29-15-7-16-30-59)39-24-40-72(85)99-91(104)81-52-100(81)56(4)60-31-17-8-18-32-60;/h5-48,53-56,63-68,81H,49-52H2,1-4H3,(H6,92,93,94,95,96,97,98,99,101,102,103,104);/q;+2/p-2/t53-,54+,55-,56+,63?,64?,65?,66-,67+,68-,81-,100?;/m0./s1. The summed E-state index contributed by atoms with van der Waals surface area (Å²) in [6.45, 7) is 9.31. The van der Waals surface area contributed by atoms with Gasteiger partial charge in [0.25, 0.3) is 0 Å². The number of aromatic nitrogens is 4. The molecule has 6 aliphatic rings. The second-order valence-electron chi connectivity index (χ2n) is 28.9. The van der Waals surface area contributed by atoms with Gasteiger partial charge in [-0.3, -0.25) is 24.1 Å². The first-order valence-corrected chi connectivity index (χ1v) is 36.5. The Bertz CT molecular complexity index is 4870. The van der Waals surface area contributed by atoms with Crippen molar-refractivity contribution in [3.63, 3.8) is 0 Å². The van der Waals surface area contributed by atoms with Crippen LogP contribution in [0.2, 0.25) is 0 Å². The first kappa shape index (κ1) is 68.2. The number of benzene rings is 8. The molecular formula is C91H79CoN9O4. The second kappa shape index (κ2) is 28.7. The van der Waals surface area contributed by atoms with Gasteiger partial charge in [0.15, 0.2) is 0 Å². The molecule has 11 aromatic rings. The molecule has 6 heterocycles. The Morgan fingerprint density at radius 3 is 0.962 bits per heavy atom. The molecule has 1 saturated heterocycles. The van der Waals surface area contributed by atoms with E-state index < -0.39 is 6.04 Å². The van der Waals surface area contributed by atoms with Crippen LogP contribution in [0.5, 0.6) is 0 Å². The molecule has 4 N–H and O–H groups in total. The maximum absolute atomic E-state index is 15.0. The first-order chi connectivity index (χ1) is 50.9. The molecule has 0 spiro atoms. The van der Waals surface area contributed by atoms with Gasteiger partial charge in [0, 0.05) is 41.5 Å². The second-order valence-corrected chi connectivity index (χ2v) is 28.9. The van der Waals surface area contributed by atoms with Gasteiger partial charge in [-0.25, -0.2) is 9.97 Å². The topological polar surface area (TPSA) is 173 Å². The van der Waals surface area contributed by atoms with Crippen molar-refractivity contribution in [2.75, 3.05) is 27.8 Å². The summed E-state index contributed by atoms with van der Waals surface area (Å²) in [5.41, 5.74) is 16.9. The Balaban J connectivity index is 0.00000847. The molecule has 8 aromatic carbocycles. The van der Waals surface area contributed by atoms with Crippen molar-refractivity contribution < 1.29 is 36.0 Å². The summed E-state index contributed by atoms with van der Waals surface area (Å²) in [7, 11) is 0. The van der Waals surface area contributed by atoms with Crippen LogP contribution in [0.25, 0.3) is 90.9 Å². The molecule has 8 bridgehead atoms. The van der Waals surface area contributed by atoms with Crippen LogP contribution in [0, 0.1) is 35.5 Å². The zero-order valence-electron chi connectivity index (χ0n) is 58.8. The zero-order chi connectivity index (χ0) is 70.7. The number of nitrogens with one attached hydrogen (secondary N) is 4. The summed E-state index contributed by atoms with van der Waals surface area (Å²) in [6.07, 6.45) is 10.2. The number of rotatable bonds is 20. The number of anilines is 4. The molecular weight excluding hydrogens is 1340 g/mol. The third kappa shape index (κ3) is 13.6. The predicted molar refractivity (Wildman–Crippen MR) is 418 cm³/mol. The molecule has 105 heavy (non-hydrogen) atoms. The van der Waals surface area contributed by atoms with Crippen molar-refractivity contribution in [1.82, 2.24) is 24.8 Å². The average Bonchev–Trinajstić information content (AvgIpc) is 1.64. The zero-order valence-corrected chi connectivity index (χ0v) is 59.8. The molecule has 521 valence electrons. The van der Waals surface area contributed by atoms with Crippen molar-refractivity contribution in [1.29, 1.82) is 0 Å². The van der Waals surface area contributed by atoms with E-state index in [-0.39, 0.29) is 99.7 Å². The third-order valence-electron chi connectivity index (χ3n) is 22.6.